The highest BCUT2D eigenvalue weighted by molar-refractivity contribution is 7.90. The van der Waals surface area contributed by atoms with E-state index in [4.69, 9.17) is 4.74 Å². The van der Waals surface area contributed by atoms with Gasteiger partial charge in [0.1, 0.15) is 12.4 Å². The van der Waals surface area contributed by atoms with Crippen molar-refractivity contribution in [2.24, 2.45) is 0 Å². The Bertz CT molecular complexity index is 1170. The summed E-state index contributed by atoms with van der Waals surface area (Å²) in [6.07, 6.45) is 5.46. The van der Waals surface area contributed by atoms with Gasteiger partial charge in [0.25, 0.3) is 10.0 Å². The van der Waals surface area contributed by atoms with E-state index in [9.17, 15) is 8.42 Å². The molecular formula is C21H24N4O3S. The van der Waals surface area contributed by atoms with Crippen molar-refractivity contribution in [1.29, 1.82) is 0 Å². The van der Waals surface area contributed by atoms with Gasteiger partial charge in [0.2, 0.25) is 0 Å². The summed E-state index contributed by atoms with van der Waals surface area (Å²) in [4.78, 5) is 6.82. The van der Waals surface area contributed by atoms with E-state index in [2.05, 4.69) is 15.2 Å². The highest BCUT2D eigenvalue weighted by Crippen LogP contribution is 2.36. The van der Waals surface area contributed by atoms with Crippen LogP contribution in [-0.2, 0) is 10.0 Å². The first-order valence-corrected chi connectivity index (χ1v) is 11.4. The van der Waals surface area contributed by atoms with Crippen LogP contribution < -0.4 is 15.0 Å². The van der Waals surface area contributed by atoms with Gasteiger partial charge in [-0.1, -0.05) is 0 Å². The average molecular weight is 413 g/mol. The van der Waals surface area contributed by atoms with E-state index in [1.54, 1.807) is 30.6 Å². The minimum Gasteiger partial charge on any atom is -0.490 e. The minimum atomic E-state index is -3.77. The molecule has 8 heteroatoms. The Morgan fingerprint density at radius 2 is 2.03 bits per heavy atom. The third-order valence-electron chi connectivity index (χ3n) is 5.92. The number of hydrogen-bond acceptors (Lipinski definition) is 6. The maximum atomic E-state index is 13.6. The molecular weight excluding hydrogens is 388 g/mol. The second kappa shape index (κ2) is 7.03. The van der Waals surface area contributed by atoms with Gasteiger partial charge in [-0.3, -0.25) is 4.98 Å². The molecule has 3 aromatic rings. The number of benzene rings is 1. The molecule has 2 aliphatic rings. The van der Waals surface area contributed by atoms with Crippen molar-refractivity contribution in [3.05, 3.63) is 48.3 Å². The van der Waals surface area contributed by atoms with Crippen molar-refractivity contribution in [2.45, 2.75) is 23.7 Å². The standard InChI is InChI=1S/C21H24N4O3S/c1-24-11-12-28-20-13-16(4-5-18(20)24)29(26,27)25-14-17(15-6-9-22-10-7-15)21-19(25)3-2-8-23-21/h2-5,8,13-15,22H,6-7,9-12H2,1H3. The fraction of sp³-hybridized carbons (Fsp3) is 0.381. The summed E-state index contributed by atoms with van der Waals surface area (Å²) in [5, 5.41) is 3.36. The van der Waals surface area contributed by atoms with Gasteiger partial charge < -0.3 is 15.0 Å². The van der Waals surface area contributed by atoms with Crippen LogP contribution in [0.25, 0.3) is 11.0 Å². The molecule has 0 aliphatic carbocycles. The summed E-state index contributed by atoms with van der Waals surface area (Å²) in [5.41, 5.74) is 3.32. The first-order valence-electron chi connectivity index (χ1n) is 9.96. The minimum absolute atomic E-state index is 0.226. The molecule has 152 valence electrons. The number of pyridine rings is 1. The normalized spacial score (nSPS) is 17.9. The first-order chi connectivity index (χ1) is 14.1. The summed E-state index contributed by atoms with van der Waals surface area (Å²) in [6, 6.07) is 8.72. The van der Waals surface area contributed by atoms with Crippen LogP contribution >= 0.6 is 0 Å². The zero-order valence-corrected chi connectivity index (χ0v) is 17.2. The highest BCUT2D eigenvalue weighted by atomic mass is 32.2. The molecule has 5 rings (SSSR count). The average Bonchev–Trinajstić information content (AvgIpc) is 3.15. The monoisotopic (exact) mass is 412 g/mol. The lowest BCUT2D eigenvalue weighted by molar-refractivity contribution is 0.310. The SMILES string of the molecule is CN1CCOc2cc(S(=O)(=O)n3cc(C4CCNCC4)c4ncccc43)ccc21. The lowest BCUT2D eigenvalue weighted by Gasteiger charge is -2.27. The van der Waals surface area contributed by atoms with Crippen LogP contribution in [0.15, 0.2) is 47.6 Å². The summed E-state index contributed by atoms with van der Waals surface area (Å²) in [7, 11) is -1.79. The van der Waals surface area contributed by atoms with Crippen LogP contribution in [0.4, 0.5) is 5.69 Å². The molecule has 0 atom stereocenters. The Morgan fingerprint density at radius 3 is 2.86 bits per heavy atom. The number of aromatic nitrogens is 2. The fourth-order valence-corrected chi connectivity index (χ4v) is 5.68. The summed E-state index contributed by atoms with van der Waals surface area (Å²) in [6.45, 7) is 3.20. The third-order valence-corrected chi connectivity index (χ3v) is 7.59. The zero-order valence-electron chi connectivity index (χ0n) is 16.3. The Kier molecular flexibility index (Phi) is 4.48. The quantitative estimate of drug-likeness (QED) is 0.713. The van der Waals surface area contributed by atoms with Gasteiger partial charge in [-0.15, -0.1) is 0 Å². The number of nitrogens with zero attached hydrogens (tertiary/aromatic N) is 3. The van der Waals surface area contributed by atoms with E-state index < -0.39 is 10.0 Å². The summed E-state index contributed by atoms with van der Waals surface area (Å²) >= 11 is 0. The fourth-order valence-electron chi connectivity index (χ4n) is 4.30. The highest BCUT2D eigenvalue weighted by Gasteiger charge is 2.27. The van der Waals surface area contributed by atoms with Crippen LogP contribution in [0, 0.1) is 0 Å². The van der Waals surface area contributed by atoms with E-state index in [1.807, 2.05) is 19.2 Å². The number of nitrogens with one attached hydrogen (secondary N) is 1. The molecule has 29 heavy (non-hydrogen) atoms. The van der Waals surface area contributed by atoms with E-state index in [0.717, 1.165) is 49.2 Å². The number of fused-ring (bicyclic) bond motifs is 2. The Balaban J connectivity index is 1.63. The molecule has 1 saturated heterocycles. The van der Waals surface area contributed by atoms with Crippen molar-refractivity contribution in [1.82, 2.24) is 14.3 Å². The van der Waals surface area contributed by atoms with Crippen molar-refractivity contribution >= 4 is 26.7 Å². The molecule has 0 spiro atoms. The van der Waals surface area contributed by atoms with E-state index in [0.29, 0.717) is 23.8 Å². The molecule has 1 fully saturated rings. The second-order valence-corrected chi connectivity index (χ2v) is 9.50. The van der Waals surface area contributed by atoms with Gasteiger partial charge >= 0.3 is 0 Å². The predicted octanol–water partition coefficient (Wildman–Crippen LogP) is 2.57. The molecule has 1 aromatic carbocycles. The smallest absolute Gasteiger partial charge is 0.268 e. The Hall–Kier alpha value is -2.58. The number of hydrogen-bond donors (Lipinski definition) is 1. The van der Waals surface area contributed by atoms with Crippen molar-refractivity contribution in [3.8, 4) is 5.75 Å². The van der Waals surface area contributed by atoms with Crippen LogP contribution in [0.5, 0.6) is 5.75 Å². The molecule has 0 unspecified atom stereocenters. The Morgan fingerprint density at radius 1 is 1.21 bits per heavy atom. The van der Waals surface area contributed by atoms with Crippen LogP contribution in [-0.4, -0.2) is 50.7 Å². The molecule has 0 bridgehead atoms. The second-order valence-electron chi connectivity index (χ2n) is 7.68. The van der Waals surface area contributed by atoms with Gasteiger partial charge in [-0.05, 0) is 56.1 Å². The van der Waals surface area contributed by atoms with Gasteiger partial charge in [0.15, 0.2) is 0 Å². The van der Waals surface area contributed by atoms with Crippen LogP contribution in [0.2, 0.25) is 0 Å². The largest absolute Gasteiger partial charge is 0.490 e. The van der Waals surface area contributed by atoms with Gasteiger partial charge in [-0.2, -0.15) is 0 Å². The molecule has 0 radical (unpaired) electrons. The molecule has 4 heterocycles. The van der Waals surface area contributed by atoms with Gasteiger partial charge in [-0.25, -0.2) is 12.4 Å². The Labute approximate surface area is 170 Å². The first kappa shape index (κ1) is 18.4. The lowest BCUT2D eigenvalue weighted by Crippen LogP contribution is -2.29. The van der Waals surface area contributed by atoms with E-state index in [-0.39, 0.29) is 4.90 Å². The number of likely N-dealkylation sites (N-methyl/N-ethyl adjacent to an activating group) is 1. The van der Waals surface area contributed by atoms with E-state index in [1.165, 1.54) is 3.97 Å². The van der Waals surface area contributed by atoms with E-state index >= 15 is 0 Å². The summed E-state index contributed by atoms with van der Waals surface area (Å²) in [5.74, 6) is 0.915. The third kappa shape index (κ3) is 3.07. The van der Waals surface area contributed by atoms with Crippen LogP contribution in [0.3, 0.4) is 0 Å². The van der Waals surface area contributed by atoms with Crippen LogP contribution in [0.1, 0.15) is 24.3 Å². The predicted molar refractivity (Wildman–Crippen MR) is 112 cm³/mol. The lowest BCUT2D eigenvalue weighted by atomic mass is 9.91. The number of ether oxygens (including phenoxy) is 1. The summed E-state index contributed by atoms with van der Waals surface area (Å²) < 4.78 is 34.2. The van der Waals surface area contributed by atoms with Crippen molar-refractivity contribution in [2.75, 3.05) is 38.2 Å². The molecule has 1 N–H and O–H groups in total. The maximum Gasteiger partial charge on any atom is 0.268 e. The maximum absolute atomic E-state index is 13.6. The van der Waals surface area contributed by atoms with Crippen molar-refractivity contribution < 1.29 is 13.2 Å². The molecule has 0 saturated carbocycles. The molecule has 2 aliphatic heterocycles. The number of piperidine rings is 1. The van der Waals surface area contributed by atoms with Gasteiger partial charge in [0, 0.05) is 31.1 Å². The zero-order chi connectivity index (χ0) is 20.0. The molecule has 0 amide bonds. The number of rotatable bonds is 3. The topological polar surface area (TPSA) is 76.5 Å². The van der Waals surface area contributed by atoms with Crippen molar-refractivity contribution in [3.63, 3.8) is 0 Å². The molecule has 2 aromatic heterocycles. The molecule has 7 nitrogen and oxygen atoms in total. The van der Waals surface area contributed by atoms with Gasteiger partial charge in [0.05, 0.1) is 28.2 Å². The number of anilines is 1.